The zero-order valence-electron chi connectivity index (χ0n) is 16.0. The molecular formula is C20H20N8O. The number of aliphatic imine (C=N–C) groups is 2. The molecule has 4 rings (SSSR count). The fourth-order valence-corrected chi connectivity index (χ4v) is 3.01. The first-order valence-electron chi connectivity index (χ1n) is 9.11. The highest BCUT2D eigenvalue weighted by atomic mass is 16.3. The lowest BCUT2D eigenvalue weighted by atomic mass is 10.1. The zero-order valence-corrected chi connectivity index (χ0v) is 16.0. The first-order valence-corrected chi connectivity index (χ1v) is 9.11. The van der Waals surface area contributed by atoms with Crippen LogP contribution in [0.2, 0.25) is 0 Å². The van der Waals surface area contributed by atoms with Crippen LogP contribution < -0.4 is 0 Å². The maximum Gasteiger partial charge on any atom is 0.220 e. The third kappa shape index (κ3) is 3.94. The molecule has 0 bridgehead atoms. The van der Waals surface area contributed by atoms with Crippen molar-refractivity contribution in [1.82, 2.24) is 29.8 Å². The van der Waals surface area contributed by atoms with Gasteiger partial charge in [-0.1, -0.05) is 17.3 Å². The number of rotatable bonds is 7. The molecule has 0 saturated heterocycles. The minimum atomic E-state index is 0.0276. The van der Waals surface area contributed by atoms with E-state index in [1.807, 2.05) is 37.4 Å². The van der Waals surface area contributed by atoms with Gasteiger partial charge in [0.1, 0.15) is 0 Å². The Kier molecular flexibility index (Phi) is 5.21. The van der Waals surface area contributed by atoms with Gasteiger partial charge in [0.15, 0.2) is 5.82 Å². The number of hydrogen-bond donors (Lipinski definition) is 1. The summed E-state index contributed by atoms with van der Waals surface area (Å²) in [5.41, 5.74) is 3.58. The highest BCUT2D eigenvalue weighted by Crippen LogP contribution is 2.26. The molecule has 3 heterocycles. The largest absolute Gasteiger partial charge is 0.394 e. The molecule has 0 unspecified atom stereocenters. The normalized spacial score (nSPS) is 11.9. The molecule has 0 radical (unpaired) electrons. The van der Waals surface area contributed by atoms with Gasteiger partial charge in [-0.3, -0.25) is 9.67 Å². The van der Waals surface area contributed by atoms with E-state index in [4.69, 9.17) is 5.11 Å². The van der Waals surface area contributed by atoms with Crippen molar-refractivity contribution in [1.29, 1.82) is 0 Å². The number of aromatic nitrogens is 6. The van der Waals surface area contributed by atoms with E-state index in [2.05, 4.69) is 43.2 Å². The summed E-state index contributed by atoms with van der Waals surface area (Å²) in [6.07, 6.45) is 5.32. The number of pyridine rings is 1. The van der Waals surface area contributed by atoms with Gasteiger partial charge in [-0.15, -0.1) is 5.10 Å². The first-order chi connectivity index (χ1) is 14.2. The minimum absolute atomic E-state index is 0.0276. The van der Waals surface area contributed by atoms with Crippen molar-refractivity contribution < 1.29 is 5.11 Å². The van der Waals surface area contributed by atoms with E-state index < -0.39 is 0 Å². The highest BCUT2D eigenvalue weighted by Gasteiger charge is 2.13. The molecule has 1 aromatic carbocycles. The van der Waals surface area contributed by atoms with Gasteiger partial charge in [0.05, 0.1) is 37.1 Å². The Morgan fingerprint density at radius 3 is 3.00 bits per heavy atom. The van der Waals surface area contributed by atoms with Crippen LogP contribution in [0.3, 0.4) is 0 Å². The number of hydrogen-bond acceptors (Lipinski definition) is 7. The average Bonchev–Trinajstić information content (AvgIpc) is 3.35. The van der Waals surface area contributed by atoms with Crippen LogP contribution >= 0.6 is 0 Å². The van der Waals surface area contributed by atoms with Crippen LogP contribution in [0, 0.1) is 0 Å². The topological polar surface area (TPSA) is 106 Å². The average molecular weight is 388 g/mol. The summed E-state index contributed by atoms with van der Waals surface area (Å²) in [7, 11) is 0. The molecule has 4 aromatic rings. The van der Waals surface area contributed by atoms with Crippen molar-refractivity contribution in [3.8, 4) is 0 Å². The summed E-state index contributed by atoms with van der Waals surface area (Å²) < 4.78 is 3.36. The fraction of sp³-hybridized carbons (Fsp3) is 0.200. The molecule has 0 fully saturated rings. The van der Waals surface area contributed by atoms with E-state index in [0.717, 1.165) is 27.7 Å². The van der Waals surface area contributed by atoms with E-state index in [9.17, 15) is 0 Å². The summed E-state index contributed by atoms with van der Waals surface area (Å²) in [5, 5.41) is 22.6. The Morgan fingerprint density at radius 2 is 2.17 bits per heavy atom. The van der Waals surface area contributed by atoms with Crippen molar-refractivity contribution in [2.45, 2.75) is 20.0 Å². The van der Waals surface area contributed by atoms with E-state index >= 15 is 0 Å². The predicted octanol–water partition coefficient (Wildman–Crippen LogP) is 2.54. The van der Waals surface area contributed by atoms with Gasteiger partial charge >= 0.3 is 0 Å². The Labute approximate surface area is 167 Å². The van der Waals surface area contributed by atoms with Gasteiger partial charge < -0.3 is 5.11 Å². The van der Waals surface area contributed by atoms with Gasteiger partial charge in [-0.05, 0) is 37.4 Å². The number of fused-ring (bicyclic) bond motifs is 1. The molecule has 9 nitrogen and oxygen atoms in total. The van der Waals surface area contributed by atoms with Crippen molar-refractivity contribution in [2.24, 2.45) is 9.98 Å². The van der Waals surface area contributed by atoms with Crippen LogP contribution in [-0.4, -0.2) is 53.9 Å². The molecule has 0 aliphatic carbocycles. The van der Waals surface area contributed by atoms with E-state index in [0.29, 0.717) is 24.7 Å². The van der Waals surface area contributed by atoms with Crippen molar-refractivity contribution >= 4 is 35.0 Å². The van der Waals surface area contributed by atoms with Gasteiger partial charge in [-0.25, -0.2) is 14.7 Å². The maximum atomic E-state index is 9.05. The van der Waals surface area contributed by atoms with Crippen LogP contribution in [0.25, 0.3) is 10.9 Å². The van der Waals surface area contributed by atoms with Crippen LogP contribution in [0.5, 0.6) is 0 Å². The second-order valence-corrected chi connectivity index (χ2v) is 6.50. The minimum Gasteiger partial charge on any atom is -0.394 e. The van der Waals surface area contributed by atoms with E-state index in [1.54, 1.807) is 21.8 Å². The standard InChI is InChI=1S/C20H20N8O/c1-14(17-11-23-27(13-17)8-9-29)24-20-19(21-2)25-26-28(20)12-15-5-6-18-16(10-15)4-3-7-22-18/h3-7,10-11,13,29H,2,8-9,12H2,1H3. The lowest BCUT2D eigenvalue weighted by Gasteiger charge is -2.06. The number of aliphatic hydroxyl groups is 1. The Morgan fingerprint density at radius 1 is 1.28 bits per heavy atom. The first kappa shape index (κ1) is 18.6. The molecule has 9 heteroatoms. The van der Waals surface area contributed by atoms with Crippen molar-refractivity contribution in [3.63, 3.8) is 0 Å². The Hall–Kier alpha value is -3.72. The quantitative estimate of drug-likeness (QED) is 0.490. The molecule has 0 amide bonds. The number of benzene rings is 1. The lowest BCUT2D eigenvalue weighted by molar-refractivity contribution is 0.269. The van der Waals surface area contributed by atoms with E-state index in [-0.39, 0.29) is 6.61 Å². The molecule has 1 N–H and O–H groups in total. The third-order valence-electron chi connectivity index (χ3n) is 4.50. The maximum absolute atomic E-state index is 9.05. The van der Waals surface area contributed by atoms with Crippen LogP contribution in [0.15, 0.2) is 58.9 Å². The molecule has 3 aromatic heterocycles. The van der Waals surface area contributed by atoms with Gasteiger partial charge in [-0.2, -0.15) is 5.10 Å². The van der Waals surface area contributed by atoms with Gasteiger partial charge in [0, 0.05) is 23.3 Å². The molecule has 0 aliphatic rings. The molecule has 0 aliphatic heterocycles. The van der Waals surface area contributed by atoms with Crippen molar-refractivity contribution in [3.05, 3.63) is 60.0 Å². The predicted molar refractivity (Wildman–Crippen MR) is 111 cm³/mol. The fourth-order valence-electron chi connectivity index (χ4n) is 3.01. The SMILES string of the molecule is C=Nc1nnn(Cc2ccc3ncccc3c2)c1N=C(C)c1cnn(CCO)c1. The monoisotopic (exact) mass is 388 g/mol. The highest BCUT2D eigenvalue weighted by molar-refractivity contribution is 6.00. The number of nitrogens with zero attached hydrogens (tertiary/aromatic N) is 8. The molecule has 29 heavy (non-hydrogen) atoms. The van der Waals surface area contributed by atoms with Crippen LogP contribution in [0.1, 0.15) is 18.1 Å². The van der Waals surface area contributed by atoms with E-state index in [1.165, 1.54) is 0 Å². The smallest absolute Gasteiger partial charge is 0.220 e. The molecule has 0 spiro atoms. The summed E-state index contributed by atoms with van der Waals surface area (Å²) in [4.78, 5) is 13.0. The molecule has 146 valence electrons. The van der Waals surface area contributed by atoms with Crippen LogP contribution in [0.4, 0.5) is 11.6 Å². The van der Waals surface area contributed by atoms with Gasteiger partial charge in [0.2, 0.25) is 5.82 Å². The molecule has 0 atom stereocenters. The summed E-state index contributed by atoms with van der Waals surface area (Å²) in [6.45, 7) is 6.41. The second kappa shape index (κ2) is 8.11. The summed E-state index contributed by atoms with van der Waals surface area (Å²) >= 11 is 0. The van der Waals surface area contributed by atoms with Crippen molar-refractivity contribution in [2.75, 3.05) is 6.61 Å². The summed E-state index contributed by atoms with van der Waals surface area (Å²) in [5.74, 6) is 0.897. The summed E-state index contributed by atoms with van der Waals surface area (Å²) in [6, 6.07) is 10.0. The van der Waals surface area contributed by atoms with Crippen LogP contribution in [-0.2, 0) is 13.1 Å². The molecular weight excluding hydrogens is 368 g/mol. The second-order valence-electron chi connectivity index (χ2n) is 6.50. The Balaban J connectivity index is 1.66. The number of aliphatic hydroxyl groups excluding tert-OH is 1. The molecule has 0 saturated carbocycles. The third-order valence-corrected chi connectivity index (χ3v) is 4.50. The zero-order chi connectivity index (χ0) is 20.2. The van der Waals surface area contributed by atoms with Gasteiger partial charge in [0.25, 0.3) is 0 Å². The Bertz CT molecular complexity index is 1190. The lowest BCUT2D eigenvalue weighted by Crippen LogP contribution is -2.03.